The van der Waals surface area contributed by atoms with E-state index in [4.69, 9.17) is 23.2 Å². The topological polar surface area (TPSA) is 48.5 Å². The van der Waals surface area contributed by atoms with Crippen molar-refractivity contribution in [1.29, 1.82) is 0 Å². The predicted molar refractivity (Wildman–Crippen MR) is 80.0 cm³/mol. The Bertz CT molecular complexity index is 477. The summed E-state index contributed by atoms with van der Waals surface area (Å²) in [5.74, 6) is 0.145. The molecule has 0 radical (unpaired) electrons. The number of piperazine rings is 1. The van der Waals surface area contributed by atoms with Gasteiger partial charge in [0.1, 0.15) is 10.3 Å². The molecule has 7 heteroatoms. The minimum Gasteiger partial charge on any atom is -0.339 e. The quantitative estimate of drug-likeness (QED) is 0.849. The fraction of sp³-hybridized carbons (Fsp3) is 0.538. The molecule has 2 rings (SSSR count). The lowest BCUT2D eigenvalue weighted by Crippen LogP contribution is -2.49. The van der Waals surface area contributed by atoms with Gasteiger partial charge in [-0.05, 0) is 13.1 Å². The highest BCUT2D eigenvalue weighted by Crippen LogP contribution is 2.17. The summed E-state index contributed by atoms with van der Waals surface area (Å²) >= 11 is 11.8. The summed E-state index contributed by atoms with van der Waals surface area (Å²) in [7, 11) is 1.89. The van der Waals surface area contributed by atoms with Gasteiger partial charge >= 0.3 is 0 Å². The number of pyridine rings is 1. The van der Waals surface area contributed by atoms with Gasteiger partial charge in [-0.3, -0.25) is 9.69 Å². The number of carbonyl (C=O) groups excluding carboxylic acids is 1. The molecule has 1 aliphatic rings. The number of carbonyl (C=O) groups is 1. The number of nitrogens with zero attached hydrogens (tertiary/aromatic N) is 3. The molecule has 0 aromatic carbocycles. The molecule has 20 heavy (non-hydrogen) atoms. The maximum Gasteiger partial charge on any atom is 0.236 e. The van der Waals surface area contributed by atoms with Gasteiger partial charge < -0.3 is 10.2 Å². The van der Waals surface area contributed by atoms with Crippen LogP contribution in [0.1, 0.15) is 5.56 Å². The lowest BCUT2D eigenvalue weighted by atomic mass is 10.2. The molecule has 0 aliphatic carbocycles. The Balaban J connectivity index is 1.88. The van der Waals surface area contributed by atoms with Gasteiger partial charge in [0.05, 0.1) is 6.54 Å². The van der Waals surface area contributed by atoms with E-state index >= 15 is 0 Å². The van der Waals surface area contributed by atoms with Gasteiger partial charge in [0.25, 0.3) is 0 Å². The van der Waals surface area contributed by atoms with Crippen molar-refractivity contribution in [2.75, 3.05) is 39.8 Å². The molecule has 0 saturated carbocycles. The second-order valence-electron chi connectivity index (χ2n) is 4.89. The van der Waals surface area contributed by atoms with Crippen molar-refractivity contribution >= 4 is 29.1 Å². The van der Waals surface area contributed by atoms with Crippen molar-refractivity contribution in [3.63, 3.8) is 0 Å². The van der Waals surface area contributed by atoms with Gasteiger partial charge in [0.2, 0.25) is 5.91 Å². The number of nitrogens with one attached hydrogen (secondary N) is 1. The molecule has 0 bridgehead atoms. The van der Waals surface area contributed by atoms with E-state index in [0.29, 0.717) is 23.4 Å². The van der Waals surface area contributed by atoms with Crippen LogP contribution in [0.15, 0.2) is 12.1 Å². The van der Waals surface area contributed by atoms with Crippen molar-refractivity contribution < 1.29 is 4.79 Å². The lowest BCUT2D eigenvalue weighted by molar-refractivity contribution is -0.132. The number of hydrogen-bond donors (Lipinski definition) is 1. The molecule has 1 aliphatic heterocycles. The van der Waals surface area contributed by atoms with E-state index in [1.807, 2.05) is 22.9 Å². The van der Waals surface area contributed by atoms with Gasteiger partial charge in [-0.1, -0.05) is 29.3 Å². The normalized spacial score (nSPS) is 15.7. The average Bonchev–Trinajstić information content (AvgIpc) is 2.43. The van der Waals surface area contributed by atoms with Crippen LogP contribution in [0.5, 0.6) is 0 Å². The third-order valence-corrected chi connectivity index (χ3v) is 3.74. The Labute approximate surface area is 128 Å². The fourth-order valence-corrected chi connectivity index (χ4v) is 2.56. The smallest absolute Gasteiger partial charge is 0.236 e. The Kier molecular flexibility index (Phi) is 5.60. The summed E-state index contributed by atoms with van der Waals surface area (Å²) in [6.07, 6.45) is 0. The van der Waals surface area contributed by atoms with Crippen molar-refractivity contribution in [2.24, 2.45) is 0 Å². The lowest BCUT2D eigenvalue weighted by Gasteiger charge is -2.29. The van der Waals surface area contributed by atoms with E-state index in [0.717, 1.165) is 31.7 Å². The number of aromatic nitrogens is 1. The summed E-state index contributed by atoms with van der Waals surface area (Å²) in [6.45, 7) is 4.22. The molecular formula is C13H18Cl2N4O. The van der Waals surface area contributed by atoms with Crippen LogP contribution in [0.4, 0.5) is 0 Å². The summed E-state index contributed by atoms with van der Waals surface area (Å²) in [4.78, 5) is 19.9. The molecule has 1 N–H and O–H groups in total. The van der Waals surface area contributed by atoms with Crippen molar-refractivity contribution in [2.45, 2.75) is 6.54 Å². The minimum atomic E-state index is 0.145. The first-order valence-electron chi connectivity index (χ1n) is 6.54. The highest BCUT2D eigenvalue weighted by molar-refractivity contribution is 6.32. The van der Waals surface area contributed by atoms with Crippen LogP contribution in [-0.2, 0) is 11.3 Å². The van der Waals surface area contributed by atoms with Crippen LogP contribution in [0, 0.1) is 0 Å². The van der Waals surface area contributed by atoms with Crippen molar-refractivity contribution in [3.8, 4) is 0 Å². The van der Waals surface area contributed by atoms with Gasteiger partial charge in [-0.2, -0.15) is 0 Å². The molecule has 1 aromatic rings. The van der Waals surface area contributed by atoms with Crippen LogP contribution in [0.25, 0.3) is 0 Å². The van der Waals surface area contributed by atoms with Crippen LogP contribution in [0.3, 0.4) is 0 Å². The van der Waals surface area contributed by atoms with E-state index in [1.165, 1.54) is 0 Å². The van der Waals surface area contributed by atoms with Crippen LogP contribution in [-0.4, -0.2) is 60.5 Å². The molecule has 1 aromatic heterocycles. The highest BCUT2D eigenvalue weighted by atomic mass is 35.5. The fourth-order valence-electron chi connectivity index (χ4n) is 2.15. The van der Waals surface area contributed by atoms with E-state index in [2.05, 4.69) is 10.3 Å². The van der Waals surface area contributed by atoms with Crippen LogP contribution < -0.4 is 5.32 Å². The molecule has 2 heterocycles. The largest absolute Gasteiger partial charge is 0.339 e. The first kappa shape index (κ1) is 15.5. The van der Waals surface area contributed by atoms with Gasteiger partial charge in [0.15, 0.2) is 0 Å². The summed E-state index contributed by atoms with van der Waals surface area (Å²) in [5, 5.41) is 3.99. The second kappa shape index (κ2) is 7.22. The third kappa shape index (κ3) is 4.31. The molecule has 0 spiro atoms. The second-order valence-corrected chi connectivity index (χ2v) is 5.63. The molecule has 0 unspecified atom stereocenters. The minimum absolute atomic E-state index is 0.145. The highest BCUT2D eigenvalue weighted by Gasteiger charge is 2.18. The summed E-state index contributed by atoms with van der Waals surface area (Å²) in [6, 6.07) is 3.54. The Morgan fingerprint density at radius 2 is 2.10 bits per heavy atom. The zero-order valence-corrected chi connectivity index (χ0v) is 12.9. The summed E-state index contributed by atoms with van der Waals surface area (Å²) < 4.78 is 0. The van der Waals surface area contributed by atoms with Gasteiger partial charge in [0, 0.05) is 38.3 Å². The monoisotopic (exact) mass is 316 g/mol. The Morgan fingerprint density at radius 3 is 2.75 bits per heavy atom. The van der Waals surface area contributed by atoms with Crippen molar-refractivity contribution in [3.05, 3.63) is 28.0 Å². The zero-order valence-electron chi connectivity index (χ0n) is 11.4. The number of halogens is 2. The number of likely N-dealkylation sites (N-methyl/N-ethyl adjacent to an activating group) is 1. The van der Waals surface area contributed by atoms with Gasteiger partial charge in [-0.25, -0.2) is 4.98 Å². The van der Waals surface area contributed by atoms with E-state index in [9.17, 15) is 4.79 Å². The molecular weight excluding hydrogens is 299 g/mol. The molecule has 1 saturated heterocycles. The van der Waals surface area contributed by atoms with E-state index < -0.39 is 0 Å². The number of amides is 1. The number of rotatable bonds is 4. The first-order chi connectivity index (χ1) is 9.56. The van der Waals surface area contributed by atoms with Crippen LogP contribution in [0.2, 0.25) is 10.3 Å². The molecule has 1 fully saturated rings. The molecule has 1 amide bonds. The molecule has 5 nitrogen and oxygen atoms in total. The standard InChI is InChI=1S/C13H18Cl2N4O/c1-18(8-10-2-3-11(14)17-13(10)15)9-12(20)19-6-4-16-5-7-19/h2-3,16H,4-9H2,1H3. The molecule has 0 atom stereocenters. The number of hydrogen-bond acceptors (Lipinski definition) is 4. The van der Waals surface area contributed by atoms with Crippen LogP contribution >= 0.6 is 23.2 Å². The first-order valence-corrected chi connectivity index (χ1v) is 7.30. The zero-order chi connectivity index (χ0) is 14.5. The Hall–Kier alpha value is -0.880. The van der Waals surface area contributed by atoms with Crippen molar-refractivity contribution in [1.82, 2.24) is 20.1 Å². The average molecular weight is 317 g/mol. The Morgan fingerprint density at radius 1 is 1.40 bits per heavy atom. The van der Waals surface area contributed by atoms with E-state index in [-0.39, 0.29) is 5.91 Å². The maximum absolute atomic E-state index is 12.1. The molecule has 110 valence electrons. The van der Waals surface area contributed by atoms with Gasteiger partial charge in [-0.15, -0.1) is 0 Å². The SMILES string of the molecule is CN(CC(=O)N1CCNCC1)Cc1ccc(Cl)nc1Cl. The summed E-state index contributed by atoms with van der Waals surface area (Å²) in [5.41, 5.74) is 0.867. The van der Waals surface area contributed by atoms with E-state index in [1.54, 1.807) is 6.07 Å². The predicted octanol–water partition coefficient (Wildman–Crippen LogP) is 1.25. The maximum atomic E-state index is 12.1. The third-order valence-electron chi connectivity index (χ3n) is 3.21.